The Morgan fingerprint density at radius 1 is 0.870 bits per heavy atom. The summed E-state index contributed by atoms with van der Waals surface area (Å²) in [6.07, 6.45) is 10.4. The number of esters is 1. The van der Waals surface area contributed by atoms with E-state index in [4.69, 9.17) is 25.2 Å². The van der Waals surface area contributed by atoms with E-state index in [1.54, 1.807) is 0 Å². The molecule has 0 aromatic rings. The van der Waals surface area contributed by atoms with Crippen molar-refractivity contribution < 1.29 is 30.0 Å². The lowest BCUT2D eigenvalue weighted by atomic mass is 10.1. The second kappa shape index (κ2) is 21.3. The van der Waals surface area contributed by atoms with Gasteiger partial charge in [-0.3, -0.25) is 4.79 Å². The number of hydrogen-bond donors (Lipinski definition) is 4. The Labute approximate surface area is 140 Å². The normalized spacial score (nSPS) is 11.5. The summed E-state index contributed by atoms with van der Waals surface area (Å²) in [5.41, 5.74) is 0. The van der Waals surface area contributed by atoms with Gasteiger partial charge in [0, 0.05) is 6.42 Å². The van der Waals surface area contributed by atoms with Crippen LogP contribution in [0.2, 0.25) is 0 Å². The maximum Gasteiger partial charge on any atom is 0.305 e. The first-order valence-corrected chi connectivity index (χ1v) is 8.78. The Morgan fingerprint density at radius 3 is 1.78 bits per heavy atom. The summed E-state index contributed by atoms with van der Waals surface area (Å²) >= 11 is 0. The van der Waals surface area contributed by atoms with Crippen molar-refractivity contribution in [1.82, 2.24) is 0 Å². The molecule has 0 saturated heterocycles. The fourth-order valence-electron chi connectivity index (χ4n) is 1.89. The summed E-state index contributed by atoms with van der Waals surface area (Å²) in [5.74, 6) is -0.282. The van der Waals surface area contributed by atoms with Crippen molar-refractivity contribution in [2.24, 2.45) is 0 Å². The number of unbranched alkanes of at least 4 members (excludes halogenated alkanes) is 8. The second-order valence-electron chi connectivity index (χ2n) is 5.55. The summed E-state index contributed by atoms with van der Waals surface area (Å²) in [6.45, 7) is 1.50. The summed E-state index contributed by atoms with van der Waals surface area (Å²) < 4.78 is 4.82. The van der Waals surface area contributed by atoms with Crippen LogP contribution >= 0.6 is 0 Å². The number of carbonyl (C=O) groups is 1. The van der Waals surface area contributed by atoms with Crippen LogP contribution in [-0.2, 0) is 9.53 Å². The molecule has 6 nitrogen and oxygen atoms in total. The summed E-state index contributed by atoms with van der Waals surface area (Å²) in [5, 5.41) is 32.8. The molecule has 0 aliphatic carbocycles. The molecule has 1 unspecified atom stereocenters. The van der Waals surface area contributed by atoms with Crippen LogP contribution in [-0.4, -0.2) is 58.9 Å². The molecule has 0 amide bonds. The number of rotatable bonds is 14. The highest BCUT2D eigenvalue weighted by Gasteiger charge is 2.07. The average molecular weight is 336 g/mol. The number of aliphatic hydroxyl groups excluding tert-OH is 4. The van der Waals surface area contributed by atoms with Gasteiger partial charge < -0.3 is 25.2 Å². The smallest absolute Gasteiger partial charge is 0.305 e. The van der Waals surface area contributed by atoms with Crippen LogP contribution in [0.1, 0.15) is 71.1 Å². The Hall–Kier alpha value is -0.690. The SMILES string of the molecule is CCCCCCCCCCCC(=O)OCC(O)CO.OCCO. The maximum absolute atomic E-state index is 11.3. The number of hydrogen-bond acceptors (Lipinski definition) is 6. The predicted octanol–water partition coefficient (Wildman–Crippen LogP) is 1.77. The molecular formula is C17H36O6. The van der Waals surface area contributed by atoms with E-state index in [1.165, 1.54) is 44.9 Å². The molecule has 1 atom stereocenters. The van der Waals surface area contributed by atoms with E-state index in [1.807, 2.05) is 0 Å². The van der Waals surface area contributed by atoms with Gasteiger partial charge in [-0.1, -0.05) is 58.3 Å². The minimum absolute atomic E-state index is 0.104. The van der Waals surface area contributed by atoms with Gasteiger partial charge in [-0.2, -0.15) is 0 Å². The third-order valence-corrected chi connectivity index (χ3v) is 3.23. The zero-order chi connectivity index (χ0) is 17.8. The van der Waals surface area contributed by atoms with E-state index in [9.17, 15) is 4.79 Å². The topological polar surface area (TPSA) is 107 Å². The molecule has 4 N–H and O–H groups in total. The molecule has 0 aromatic carbocycles. The fraction of sp³-hybridized carbons (Fsp3) is 0.941. The molecule has 0 fully saturated rings. The minimum Gasteiger partial charge on any atom is -0.463 e. The van der Waals surface area contributed by atoms with Crippen molar-refractivity contribution in [3.63, 3.8) is 0 Å². The summed E-state index contributed by atoms with van der Waals surface area (Å²) in [6, 6.07) is 0. The van der Waals surface area contributed by atoms with Crippen LogP contribution in [0, 0.1) is 0 Å². The average Bonchev–Trinajstić information content (AvgIpc) is 2.58. The van der Waals surface area contributed by atoms with Gasteiger partial charge in [-0.05, 0) is 6.42 Å². The van der Waals surface area contributed by atoms with E-state index in [0.29, 0.717) is 6.42 Å². The van der Waals surface area contributed by atoms with E-state index in [2.05, 4.69) is 6.92 Å². The van der Waals surface area contributed by atoms with Crippen LogP contribution in [0.25, 0.3) is 0 Å². The van der Waals surface area contributed by atoms with Gasteiger partial charge in [-0.25, -0.2) is 0 Å². The molecule has 0 bridgehead atoms. The van der Waals surface area contributed by atoms with Crippen LogP contribution < -0.4 is 0 Å². The Kier molecular flexibility index (Phi) is 22.8. The first kappa shape index (κ1) is 24.6. The zero-order valence-corrected chi connectivity index (χ0v) is 14.6. The van der Waals surface area contributed by atoms with Crippen LogP contribution in [0.15, 0.2) is 0 Å². The first-order valence-electron chi connectivity index (χ1n) is 8.78. The van der Waals surface area contributed by atoms with Crippen molar-refractivity contribution in [3.05, 3.63) is 0 Å². The fourth-order valence-corrected chi connectivity index (χ4v) is 1.89. The third kappa shape index (κ3) is 23.7. The van der Waals surface area contributed by atoms with Crippen LogP contribution in [0.5, 0.6) is 0 Å². The van der Waals surface area contributed by atoms with Crippen molar-refractivity contribution >= 4 is 5.97 Å². The Balaban J connectivity index is 0. The molecule has 0 aliphatic heterocycles. The third-order valence-electron chi connectivity index (χ3n) is 3.23. The lowest BCUT2D eigenvalue weighted by Crippen LogP contribution is -2.21. The van der Waals surface area contributed by atoms with Crippen molar-refractivity contribution in [3.8, 4) is 0 Å². The van der Waals surface area contributed by atoms with E-state index in [0.717, 1.165) is 12.8 Å². The van der Waals surface area contributed by atoms with Gasteiger partial charge in [-0.15, -0.1) is 0 Å². The van der Waals surface area contributed by atoms with E-state index in [-0.39, 0.29) is 32.4 Å². The highest BCUT2D eigenvalue weighted by molar-refractivity contribution is 5.69. The number of carbonyl (C=O) groups excluding carboxylic acids is 1. The zero-order valence-electron chi connectivity index (χ0n) is 14.6. The lowest BCUT2D eigenvalue weighted by Gasteiger charge is -2.08. The molecule has 0 rings (SSSR count). The van der Waals surface area contributed by atoms with Gasteiger partial charge in [0.05, 0.1) is 19.8 Å². The molecule has 6 heteroatoms. The van der Waals surface area contributed by atoms with Gasteiger partial charge in [0.2, 0.25) is 0 Å². The molecule has 140 valence electrons. The Bertz CT molecular complexity index is 233. The molecule has 0 aliphatic rings. The highest BCUT2D eigenvalue weighted by atomic mass is 16.5. The quantitative estimate of drug-likeness (QED) is 0.284. The van der Waals surface area contributed by atoms with Crippen LogP contribution in [0.3, 0.4) is 0 Å². The highest BCUT2D eigenvalue weighted by Crippen LogP contribution is 2.10. The largest absolute Gasteiger partial charge is 0.463 e. The van der Waals surface area contributed by atoms with Gasteiger partial charge in [0.15, 0.2) is 0 Å². The van der Waals surface area contributed by atoms with Crippen molar-refractivity contribution in [2.75, 3.05) is 26.4 Å². The number of ether oxygens (including phenoxy) is 1. The molecular weight excluding hydrogens is 300 g/mol. The predicted molar refractivity (Wildman–Crippen MR) is 90.1 cm³/mol. The molecule has 0 radical (unpaired) electrons. The van der Waals surface area contributed by atoms with Gasteiger partial charge in [0.1, 0.15) is 12.7 Å². The number of aliphatic hydroxyl groups is 4. The summed E-state index contributed by atoms with van der Waals surface area (Å²) in [7, 11) is 0. The molecule has 0 aromatic heterocycles. The monoisotopic (exact) mass is 336 g/mol. The molecule has 0 saturated carbocycles. The van der Waals surface area contributed by atoms with E-state index < -0.39 is 6.10 Å². The standard InChI is InChI=1S/C15H30O4.C2H6O2/c1-2-3-4-5-6-7-8-9-10-11-15(18)19-13-14(17)12-16;3-1-2-4/h14,16-17H,2-13H2,1H3;3-4H,1-2H2. The van der Waals surface area contributed by atoms with Crippen molar-refractivity contribution in [2.45, 2.75) is 77.2 Å². The molecule has 0 heterocycles. The van der Waals surface area contributed by atoms with Gasteiger partial charge in [0.25, 0.3) is 0 Å². The Morgan fingerprint density at radius 2 is 1.35 bits per heavy atom. The van der Waals surface area contributed by atoms with E-state index >= 15 is 0 Å². The molecule has 23 heavy (non-hydrogen) atoms. The maximum atomic E-state index is 11.3. The van der Waals surface area contributed by atoms with Crippen LogP contribution in [0.4, 0.5) is 0 Å². The minimum atomic E-state index is -0.952. The van der Waals surface area contributed by atoms with Gasteiger partial charge >= 0.3 is 5.97 Å². The lowest BCUT2D eigenvalue weighted by molar-refractivity contribution is -0.147. The second-order valence-corrected chi connectivity index (χ2v) is 5.55. The molecule has 0 spiro atoms. The van der Waals surface area contributed by atoms with Crippen molar-refractivity contribution in [1.29, 1.82) is 0 Å². The summed E-state index contributed by atoms with van der Waals surface area (Å²) in [4.78, 5) is 11.3. The first-order chi connectivity index (χ1) is 11.1.